The molecule has 1 aromatic carbocycles. The van der Waals surface area contributed by atoms with Crippen molar-refractivity contribution in [2.45, 2.75) is 52.4 Å². The van der Waals surface area contributed by atoms with Gasteiger partial charge in [-0.2, -0.15) is 0 Å². The molecule has 1 unspecified atom stereocenters. The van der Waals surface area contributed by atoms with Crippen molar-refractivity contribution in [3.8, 4) is 0 Å². The van der Waals surface area contributed by atoms with Gasteiger partial charge in [-0.15, -0.1) is 10.2 Å². The third-order valence-corrected chi connectivity index (χ3v) is 5.07. The second-order valence-electron chi connectivity index (χ2n) is 7.39. The van der Waals surface area contributed by atoms with Gasteiger partial charge in [0.05, 0.1) is 5.92 Å². The zero-order valence-corrected chi connectivity index (χ0v) is 15.5. The van der Waals surface area contributed by atoms with Gasteiger partial charge < -0.3 is 9.32 Å². The average molecular weight is 341 g/mol. The van der Waals surface area contributed by atoms with E-state index in [4.69, 9.17) is 4.42 Å². The van der Waals surface area contributed by atoms with E-state index in [2.05, 4.69) is 55.2 Å². The maximum Gasteiger partial charge on any atom is 0.230 e. The molecular formula is C20H27N3O2. The van der Waals surface area contributed by atoms with Crippen molar-refractivity contribution < 1.29 is 9.21 Å². The van der Waals surface area contributed by atoms with Crippen LogP contribution in [0.2, 0.25) is 0 Å². The zero-order valence-electron chi connectivity index (χ0n) is 15.5. The van der Waals surface area contributed by atoms with E-state index in [1.54, 1.807) is 0 Å². The number of piperidine rings is 1. The molecule has 5 heteroatoms. The third kappa shape index (κ3) is 3.91. The van der Waals surface area contributed by atoms with Crippen LogP contribution < -0.4 is 0 Å². The standard InChI is InChI=1S/C20H27N3O2/c1-13(2)18(16-7-5-14(3)6-8-16)20(24)23-11-9-17(10-12-23)19-22-21-15(4)25-19/h5-8,13,17-18H,9-12H2,1-4H3. The highest BCUT2D eigenvalue weighted by molar-refractivity contribution is 5.84. The Bertz CT molecular complexity index is 713. The largest absolute Gasteiger partial charge is 0.425 e. The summed E-state index contributed by atoms with van der Waals surface area (Å²) in [6.07, 6.45) is 1.76. The molecule has 5 nitrogen and oxygen atoms in total. The quantitative estimate of drug-likeness (QED) is 0.848. The maximum atomic E-state index is 13.1. The summed E-state index contributed by atoms with van der Waals surface area (Å²) in [5, 5.41) is 8.06. The van der Waals surface area contributed by atoms with E-state index >= 15 is 0 Å². The fourth-order valence-electron chi connectivity index (χ4n) is 3.61. The number of nitrogens with zero attached hydrogens (tertiary/aromatic N) is 3. The van der Waals surface area contributed by atoms with Crippen LogP contribution in [0.15, 0.2) is 28.7 Å². The first-order valence-corrected chi connectivity index (χ1v) is 9.11. The van der Waals surface area contributed by atoms with Crippen LogP contribution in [-0.2, 0) is 4.79 Å². The minimum absolute atomic E-state index is 0.0807. The lowest BCUT2D eigenvalue weighted by atomic mass is 9.85. The summed E-state index contributed by atoms with van der Waals surface area (Å²) >= 11 is 0. The molecule has 0 bridgehead atoms. The van der Waals surface area contributed by atoms with E-state index < -0.39 is 0 Å². The van der Waals surface area contributed by atoms with Gasteiger partial charge in [0.1, 0.15) is 0 Å². The molecule has 0 spiro atoms. The average Bonchev–Trinajstić information content (AvgIpc) is 3.03. The first kappa shape index (κ1) is 17.6. The predicted octanol–water partition coefficient (Wildman–Crippen LogP) is 3.83. The van der Waals surface area contributed by atoms with Crippen molar-refractivity contribution in [1.29, 1.82) is 0 Å². The van der Waals surface area contributed by atoms with Crippen LogP contribution >= 0.6 is 0 Å². The van der Waals surface area contributed by atoms with E-state index in [9.17, 15) is 4.79 Å². The van der Waals surface area contributed by atoms with Gasteiger partial charge >= 0.3 is 0 Å². The Hall–Kier alpha value is -2.17. The van der Waals surface area contributed by atoms with Gasteiger partial charge in [0.15, 0.2) is 0 Å². The lowest BCUT2D eigenvalue weighted by Gasteiger charge is -2.34. The van der Waals surface area contributed by atoms with E-state index in [1.165, 1.54) is 5.56 Å². The smallest absolute Gasteiger partial charge is 0.230 e. The van der Waals surface area contributed by atoms with Gasteiger partial charge in [0, 0.05) is 25.9 Å². The Morgan fingerprint density at radius 2 is 1.76 bits per heavy atom. The lowest BCUT2D eigenvalue weighted by molar-refractivity contribution is -0.135. The summed E-state index contributed by atoms with van der Waals surface area (Å²) in [6.45, 7) is 9.62. The number of hydrogen-bond donors (Lipinski definition) is 0. The normalized spacial score (nSPS) is 17.1. The molecule has 25 heavy (non-hydrogen) atoms. The number of carbonyl (C=O) groups is 1. The molecule has 0 aliphatic carbocycles. The van der Waals surface area contributed by atoms with Crippen LogP contribution in [0.1, 0.15) is 61.4 Å². The number of aromatic nitrogens is 2. The summed E-state index contributed by atoms with van der Waals surface area (Å²) in [6, 6.07) is 8.35. The lowest BCUT2D eigenvalue weighted by Crippen LogP contribution is -2.41. The molecule has 1 atom stereocenters. The Labute approximate surface area is 149 Å². The Morgan fingerprint density at radius 1 is 1.12 bits per heavy atom. The molecule has 3 rings (SSSR count). The van der Waals surface area contributed by atoms with Crippen LogP contribution in [-0.4, -0.2) is 34.1 Å². The fraction of sp³-hybridized carbons (Fsp3) is 0.550. The summed E-state index contributed by atoms with van der Waals surface area (Å²) in [5.74, 6) is 2.01. The monoisotopic (exact) mass is 341 g/mol. The highest BCUT2D eigenvalue weighted by Crippen LogP contribution is 2.31. The molecule has 0 radical (unpaired) electrons. The first-order chi connectivity index (χ1) is 12.0. The van der Waals surface area contributed by atoms with Gasteiger partial charge in [-0.05, 0) is 31.2 Å². The van der Waals surface area contributed by atoms with Gasteiger partial charge in [0.25, 0.3) is 0 Å². The van der Waals surface area contributed by atoms with Crippen molar-refractivity contribution in [3.63, 3.8) is 0 Å². The number of rotatable bonds is 4. The van der Waals surface area contributed by atoms with Crippen molar-refractivity contribution in [3.05, 3.63) is 47.2 Å². The number of aryl methyl sites for hydroxylation is 2. The predicted molar refractivity (Wildman–Crippen MR) is 96.3 cm³/mol. The summed E-state index contributed by atoms with van der Waals surface area (Å²) in [7, 11) is 0. The third-order valence-electron chi connectivity index (χ3n) is 5.07. The number of benzene rings is 1. The van der Waals surface area contributed by atoms with Crippen LogP contribution in [0.5, 0.6) is 0 Å². The van der Waals surface area contributed by atoms with Gasteiger partial charge in [-0.3, -0.25) is 4.79 Å². The van der Waals surface area contributed by atoms with Crippen molar-refractivity contribution in [1.82, 2.24) is 15.1 Å². The molecule has 1 aliphatic rings. The van der Waals surface area contributed by atoms with E-state index in [0.29, 0.717) is 11.8 Å². The Balaban J connectivity index is 1.68. The van der Waals surface area contributed by atoms with Crippen molar-refractivity contribution in [2.24, 2.45) is 5.92 Å². The highest BCUT2D eigenvalue weighted by Gasteiger charge is 2.32. The van der Waals surface area contributed by atoms with E-state index in [-0.39, 0.29) is 23.7 Å². The topological polar surface area (TPSA) is 59.2 Å². The van der Waals surface area contributed by atoms with Gasteiger partial charge in [-0.1, -0.05) is 43.7 Å². The fourth-order valence-corrected chi connectivity index (χ4v) is 3.61. The highest BCUT2D eigenvalue weighted by atomic mass is 16.4. The molecule has 1 aliphatic heterocycles. The molecule has 1 saturated heterocycles. The maximum absolute atomic E-state index is 13.1. The Morgan fingerprint density at radius 3 is 2.28 bits per heavy atom. The van der Waals surface area contributed by atoms with Crippen LogP contribution in [0.4, 0.5) is 0 Å². The second-order valence-corrected chi connectivity index (χ2v) is 7.39. The molecular weight excluding hydrogens is 314 g/mol. The molecule has 134 valence electrons. The van der Waals surface area contributed by atoms with Crippen molar-refractivity contribution in [2.75, 3.05) is 13.1 Å². The number of likely N-dealkylation sites (tertiary alicyclic amines) is 1. The molecule has 0 saturated carbocycles. The van der Waals surface area contributed by atoms with E-state index in [1.807, 2.05) is 11.8 Å². The van der Waals surface area contributed by atoms with E-state index in [0.717, 1.165) is 31.5 Å². The van der Waals surface area contributed by atoms with Crippen LogP contribution in [0.3, 0.4) is 0 Å². The molecule has 1 fully saturated rings. The summed E-state index contributed by atoms with van der Waals surface area (Å²) in [5.41, 5.74) is 2.33. The number of amides is 1. The summed E-state index contributed by atoms with van der Waals surface area (Å²) < 4.78 is 5.56. The Kier molecular flexibility index (Phi) is 5.21. The van der Waals surface area contributed by atoms with Gasteiger partial charge in [0.2, 0.25) is 17.7 Å². The van der Waals surface area contributed by atoms with Crippen LogP contribution in [0.25, 0.3) is 0 Å². The molecule has 0 N–H and O–H groups in total. The molecule has 2 aromatic rings. The number of carbonyl (C=O) groups excluding carboxylic acids is 1. The molecule has 1 amide bonds. The first-order valence-electron chi connectivity index (χ1n) is 9.11. The van der Waals surface area contributed by atoms with Gasteiger partial charge in [-0.25, -0.2) is 0 Å². The molecule has 1 aromatic heterocycles. The SMILES string of the molecule is Cc1ccc(C(C(=O)N2CCC(c3nnc(C)o3)CC2)C(C)C)cc1. The number of hydrogen-bond acceptors (Lipinski definition) is 4. The minimum atomic E-state index is -0.0807. The summed E-state index contributed by atoms with van der Waals surface area (Å²) in [4.78, 5) is 15.2. The van der Waals surface area contributed by atoms with Crippen molar-refractivity contribution >= 4 is 5.91 Å². The van der Waals surface area contributed by atoms with Crippen LogP contribution in [0, 0.1) is 19.8 Å². The second kappa shape index (κ2) is 7.38. The minimum Gasteiger partial charge on any atom is -0.425 e. The zero-order chi connectivity index (χ0) is 18.0. The molecule has 2 heterocycles.